The third-order valence-corrected chi connectivity index (χ3v) is 2.19. The van der Waals surface area contributed by atoms with Crippen LogP contribution in [-0.2, 0) is 6.42 Å². The van der Waals surface area contributed by atoms with Crippen LogP contribution in [0.3, 0.4) is 0 Å². The summed E-state index contributed by atoms with van der Waals surface area (Å²) < 4.78 is 4.71. The first-order valence-electron chi connectivity index (χ1n) is 4.30. The quantitative estimate of drug-likeness (QED) is 0.745. The number of nitrogens with zero attached hydrogens (tertiary/aromatic N) is 1. The van der Waals surface area contributed by atoms with Crippen LogP contribution in [0.5, 0.6) is 0 Å². The van der Waals surface area contributed by atoms with E-state index in [2.05, 4.69) is 12.1 Å². The molecule has 1 N–H and O–H groups in total. The number of aliphatic hydroxyl groups is 1. The van der Waals surface area contributed by atoms with Gasteiger partial charge in [-0.3, -0.25) is 0 Å². The van der Waals surface area contributed by atoms with E-state index in [1.54, 1.807) is 12.5 Å². The first kappa shape index (κ1) is 9.26. The van der Waals surface area contributed by atoms with E-state index < -0.39 is 0 Å². The van der Waals surface area contributed by atoms with Crippen molar-refractivity contribution in [3.05, 3.63) is 18.0 Å². The number of aromatic nitrogens is 1. The van der Waals surface area contributed by atoms with Crippen molar-refractivity contribution in [1.29, 1.82) is 0 Å². The van der Waals surface area contributed by atoms with E-state index in [-0.39, 0.29) is 6.10 Å². The van der Waals surface area contributed by atoms with E-state index >= 15 is 0 Å². The molecule has 0 aliphatic rings. The molecule has 0 amide bonds. The van der Waals surface area contributed by atoms with Crippen LogP contribution in [0.15, 0.2) is 17.0 Å². The van der Waals surface area contributed by atoms with Crippen molar-refractivity contribution in [2.24, 2.45) is 5.92 Å². The third-order valence-electron chi connectivity index (χ3n) is 2.19. The molecule has 0 aliphatic heterocycles. The minimum Gasteiger partial charge on any atom is -0.393 e. The highest BCUT2D eigenvalue weighted by atomic mass is 16.5. The molecule has 2 unspecified atom stereocenters. The molecule has 0 bridgehead atoms. The molecule has 1 rings (SSSR count). The van der Waals surface area contributed by atoms with Gasteiger partial charge in [-0.1, -0.05) is 18.5 Å². The average Bonchev–Trinajstić information content (AvgIpc) is 2.51. The second kappa shape index (κ2) is 4.26. The molecule has 2 atom stereocenters. The maximum absolute atomic E-state index is 9.36. The molecule has 0 saturated heterocycles. The van der Waals surface area contributed by atoms with E-state index in [1.807, 2.05) is 6.92 Å². The van der Waals surface area contributed by atoms with Crippen molar-refractivity contribution in [3.8, 4) is 0 Å². The first-order valence-corrected chi connectivity index (χ1v) is 4.30. The molecule has 12 heavy (non-hydrogen) atoms. The van der Waals surface area contributed by atoms with Crippen molar-refractivity contribution >= 4 is 0 Å². The highest BCUT2D eigenvalue weighted by molar-refractivity contribution is 5.01. The molecule has 0 spiro atoms. The Hall–Kier alpha value is -0.830. The number of hydrogen-bond acceptors (Lipinski definition) is 3. The van der Waals surface area contributed by atoms with Crippen LogP contribution in [0.1, 0.15) is 25.8 Å². The molecule has 0 aliphatic carbocycles. The third kappa shape index (κ3) is 2.34. The standard InChI is InChI=1S/C9H15NO2/c1-3-9(7(2)11)4-8-5-10-12-6-8/h5-7,9,11H,3-4H2,1-2H3. The van der Waals surface area contributed by atoms with Gasteiger partial charge in [0.1, 0.15) is 6.26 Å². The van der Waals surface area contributed by atoms with Gasteiger partial charge in [-0.2, -0.15) is 0 Å². The van der Waals surface area contributed by atoms with Crippen LogP contribution >= 0.6 is 0 Å². The maximum atomic E-state index is 9.36. The van der Waals surface area contributed by atoms with Crippen LogP contribution in [0.25, 0.3) is 0 Å². The van der Waals surface area contributed by atoms with Crippen LogP contribution in [-0.4, -0.2) is 16.4 Å². The van der Waals surface area contributed by atoms with Crippen LogP contribution in [0, 0.1) is 5.92 Å². The molecular formula is C9H15NO2. The fourth-order valence-electron chi connectivity index (χ4n) is 1.29. The topological polar surface area (TPSA) is 46.3 Å². The molecule has 0 fully saturated rings. The monoisotopic (exact) mass is 169 g/mol. The highest BCUT2D eigenvalue weighted by Gasteiger charge is 2.13. The molecule has 1 heterocycles. The van der Waals surface area contributed by atoms with Crippen molar-refractivity contribution in [3.63, 3.8) is 0 Å². The SMILES string of the molecule is CCC(Cc1cnoc1)C(C)O. The van der Waals surface area contributed by atoms with Gasteiger partial charge in [0, 0.05) is 5.56 Å². The minimum atomic E-state index is -0.259. The van der Waals surface area contributed by atoms with Gasteiger partial charge < -0.3 is 9.63 Å². The Morgan fingerprint density at radius 3 is 2.83 bits per heavy atom. The lowest BCUT2D eigenvalue weighted by molar-refractivity contribution is 0.123. The summed E-state index contributed by atoms with van der Waals surface area (Å²) in [5.74, 6) is 0.310. The summed E-state index contributed by atoms with van der Waals surface area (Å²) in [6, 6.07) is 0. The fraction of sp³-hybridized carbons (Fsp3) is 0.667. The summed E-state index contributed by atoms with van der Waals surface area (Å²) >= 11 is 0. The predicted molar refractivity (Wildman–Crippen MR) is 45.7 cm³/mol. The first-order chi connectivity index (χ1) is 5.74. The summed E-state index contributed by atoms with van der Waals surface area (Å²) in [5.41, 5.74) is 1.06. The molecular weight excluding hydrogens is 154 g/mol. The van der Waals surface area contributed by atoms with Gasteiger partial charge >= 0.3 is 0 Å². The number of rotatable bonds is 4. The Kier molecular flexibility index (Phi) is 3.29. The second-order valence-corrected chi connectivity index (χ2v) is 3.15. The fourth-order valence-corrected chi connectivity index (χ4v) is 1.29. The molecule has 0 aromatic carbocycles. The number of hydrogen-bond donors (Lipinski definition) is 1. The lowest BCUT2D eigenvalue weighted by Crippen LogP contribution is -2.17. The normalized spacial score (nSPS) is 15.9. The van der Waals surface area contributed by atoms with Gasteiger partial charge in [0.25, 0.3) is 0 Å². The number of aliphatic hydroxyl groups excluding tert-OH is 1. The van der Waals surface area contributed by atoms with Crippen LogP contribution < -0.4 is 0 Å². The molecule has 0 saturated carbocycles. The molecule has 68 valence electrons. The average molecular weight is 169 g/mol. The smallest absolute Gasteiger partial charge is 0.126 e. The van der Waals surface area contributed by atoms with E-state index in [1.165, 1.54) is 0 Å². The van der Waals surface area contributed by atoms with Gasteiger partial charge in [0.15, 0.2) is 0 Å². The van der Waals surface area contributed by atoms with Crippen molar-refractivity contribution < 1.29 is 9.63 Å². The van der Waals surface area contributed by atoms with Gasteiger partial charge in [-0.05, 0) is 19.3 Å². The van der Waals surface area contributed by atoms with Gasteiger partial charge in [0.05, 0.1) is 12.3 Å². The van der Waals surface area contributed by atoms with E-state index in [0.717, 1.165) is 18.4 Å². The van der Waals surface area contributed by atoms with Gasteiger partial charge in [-0.25, -0.2) is 0 Å². The lowest BCUT2D eigenvalue weighted by atomic mass is 9.94. The Labute approximate surface area is 72.4 Å². The van der Waals surface area contributed by atoms with Crippen molar-refractivity contribution in [2.45, 2.75) is 32.8 Å². The van der Waals surface area contributed by atoms with E-state index in [9.17, 15) is 5.11 Å². The van der Waals surface area contributed by atoms with Crippen LogP contribution in [0.4, 0.5) is 0 Å². The summed E-state index contributed by atoms with van der Waals surface area (Å²) in [7, 11) is 0. The van der Waals surface area contributed by atoms with Crippen molar-refractivity contribution in [1.82, 2.24) is 5.16 Å². The lowest BCUT2D eigenvalue weighted by Gasteiger charge is -2.16. The van der Waals surface area contributed by atoms with Gasteiger partial charge in [0.2, 0.25) is 0 Å². The van der Waals surface area contributed by atoms with Crippen LogP contribution in [0.2, 0.25) is 0 Å². The zero-order chi connectivity index (χ0) is 8.97. The zero-order valence-corrected chi connectivity index (χ0v) is 7.53. The molecule has 3 nitrogen and oxygen atoms in total. The largest absolute Gasteiger partial charge is 0.393 e. The zero-order valence-electron chi connectivity index (χ0n) is 7.53. The van der Waals surface area contributed by atoms with Crippen molar-refractivity contribution in [2.75, 3.05) is 0 Å². The Bertz CT molecular complexity index is 206. The Morgan fingerprint density at radius 1 is 1.67 bits per heavy atom. The van der Waals surface area contributed by atoms with Gasteiger partial charge in [-0.15, -0.1) is 0 Å². The molecule has 1 aromatic heterocycles. The van der Waals surface area contributed by atoms with E-state index in [0.29, 0.717) is 5.92 Å². The summed E-state index contributed by atoms with van der Waals surface area (Å²) in [6.45, 7) is 3.90. The predicted octanol–water partition coefficient (Wildman–Crippen LogP) is 1.62. The Morgan fingerprint density at radius 2 is 2.42 bits per heavy atom. The summed E-state index contributed by atoms with van der Waals surface area (Å²) in [6.07, 6.45) is 4.89. The Balaban J connectivity index is 2.48. The maximum Gasteiger partial charge on any atom is 0.126 e. The molecule has 1 aromatic rings. The molecule has 3 heteroatoms. The highest BCUT2D eigenvalue weighted by Crippen LogP contribution is 2.15. The second-order valence-electron chi connectivity index (χ2n) is 3.15. The summed E-state index contributed by atoms with van der Waals surface area (Å²) in [5, 5.41) is 13.0. The van der Waals surface area contributed by atoms with E-state index in [4.69, 9.17) is 4.52 Å². The minimum absolute atomic E-state index is 0.259. The summed E-state index contributed by atoms with van der Waals surface area (Å²) in [4.78, 5) is 0. The molecule has 0 radical (unpaired) electrons.